The van der Waals surface area contributed by atoms with Crippen molar-refractivity contribution in [2.75, 3.05) is 13.7 Å². The van der Waals surface area contributed by atoms with E-state index in [2.05, 4.69) is 27.6 Å². The summed E-state index contributed by atoms with van der Waals surface area (Å²) < 4.78 is 17.1. The summed E-state index contributed by atoms with van der Waals surface area (Å²) >= 11 is 3.65. The van der Waals surface area contributed by atoms with Gasteiger partial charge < -0.3 is 14.2 Å². The predicted octanol–water partition coefficient (Wildman–Crippen LogP) is 4.10. The normalized spacial score (nSPS) is 15.4. The van der Waals surface area contributed by atoms with Gasteiger partial charge in [-0.05, 0) is 64.7 Å². The monoisotopic (exact) mass is 455 g/mol. The molecule has 0 spiro atoms. The van der Waals surface area contributed by atoms with Gasteiger partial charge in [0.1, 0.15) is 0 Å². The molecule has 1 aromatic heterocycles. The van der Waals surface area contributed by atoms with Crippen molar-refractivity contribution in [3.05, 3.63) is 49.4 Å². The topological polar surface area (TPSA) is 57.1 Å². The van der Waals surface area contributed by atoms with Crippen LogP contribution in [0, 0.1) is 3.57 Å². The van der Waals surface area contributed by atoms with Gasteiger partial charge in [-0.15, -0.1) is 11.3 Å². The first-order valence-electron chi connectivity index (χ1n) is 7.19. The van der Waals surface area contributed by atoms with Gasteiger partial charge >= 0.3 is 5.97 Å². The van der Waals surface area contributed by atoms with Crippen molar-refractivity contribution in [3.63, 3.8) is 0 Å². The third kappa shape index (κ3) is 3.46. The van der Waals surface area contributed by atoms with Crippen LogP contribution < -0.4 is 9.47 Å². The number of hydrogen-bond acceptors (Lipinski definition) is 6. The summed E-state index contributed by atoms with van der Waals surface area (Å²) in [5.74, 6) is 1.19. The third-order valence-corrected chi connectivity index (χ3v) is 4.86. The van der Waals surface area contributed by atoms with Gasteiger partial charge in [0.05, 0.1) is 22.2 Å². The molecule has 2 aromatic rings. The van der Waals surface area contributed by atoms with E-state index >= 15 is 0 Å². The second-order valence-corrected chi connectivity index (χ2v) is 6.89. The Morgan fingerprint density at radius 2 is 2.25 bits per heavy atom. The van der Waals surface area contributed by atoms with E-state index in [0.29, 0.717) is 24.0 Å². The molecule has 1 aliphatic heterocycles. The summed E-state index contributed by atoms with van der Waals surface area (Å²) in [7, 11) is 1.59. The zero-order valence-corrected chi connectivity index (χ0v) is 16.0. The summed E-state index contributed by atoms with van der Waals surface area (Å²) in [6.07, 6.45) is 1.68. The van der Waals surface area contributed by atoms with E-state index in [1.54, 1.807) is 13.2 Å². The van der Waals surface area contributed by atoms with Gasteiger partial charge in [0, 0.05) is 0 Å². The number of carbonyl (C=O) groups is 1. The van der Waals surface area contributed by atoms with Crippen LogP contribution in [0.1, 0.15) is 17.4 Å². The lowest BCUT2D eigenvalue weighted by atomic mass is 10.1. The minimum absolute atomic E-state index is 0.264. The number of halogens is 1. The molecule has 0 fully saturated rings. The Balaban J connectivity index is 1.96. The quantitative estimate of drug-likeness (QED) is 0.387. The third-order valence-electron chi connectivity index (χ3n) is 3.20. The number of ether oxygens (including phenoxy) is 3. The van der Waals surface area contributed by atoms with E-state index in [4.69, 9.17) is 14.2 Å². The van der Waals surface area contributed by atoms with Crippen LogP contribution >= 0.6 is 33.9 Å². The summed E-state index contributed by atoms with van der Waals surface area (Å²) in [6, 6.07) is 7.47. The van der Waals surface area contributed by atoms with Gasteiger partial charge in [-0.25, -0.2) is 9.79 Å². The van der Waals surface area contributed by atoms with Crippen LogP contribution in [0.4, 0.5) is 0 Å². The van der Waals surface area contributed by atoms with Crippen molar-refractivity contribution in [1.82, 2.24) is 0 Å². The maximum absolute atomic E-state index is 12.0. The van der Waals surface area contributed by atoms with Crippen molar-refractivity contribution >= 4 is 51.9 Å². The van der Waals surface area contributed by atoms with Crippen molar-refractivity contribution in [2.24, 2.45) is 4.99 Å². The molecule has 0 atom stereocenters. The SMILES string of the molecule is CCOc1c(I)cc(C=C2N=C(c3cccs3)OC2=O)cc1OC. The number of rotatable bonds is 5. The zero-order chi connectivity index (χ0) is 17.1. The first-order valence-corrected chi connectivity index (χ1v) is 9.15. The summed E-state index contributed by atoms with van der Waals surface area (Å²) in [5, 5.41) is 1.91. The van der Waals surface area contributed by atoms with Crippen molar-refractivity contribution in [1.29, 1.82) is 0 Å². The molecule has 7 heteroatoms. The van der Waals surface area contributed by atoms with Gasteiger partial charge in [0.15, 0.2) is 17.2 Å². The Kier molecular flexibility index (Phi) is 5.20. The minimum atomic E-state index is -0.457. The fraction of sp³-hybridized carbons (Fsp3) is 0.176. The summed E-state index contributed by atoms with van der Waals surface area (Å²) in [6.45, 7) is 2.47. The summed E-state index contributed by atoms with van der Waals surface area (Å²) in [4.78, 5) is 17.2. The van der Waals surface area contributed by atoms with Crippen LogP contribution in [0.15, 0.2) is 40.3 Å². The highest BCUT2D eigenvalue weighted by atomic mass is 127. The fourth-order valence-electron chi connectivity index (χ4n) is 2.18. The molecule has 0 saturated heterocycles. The number of thiophene rings is 1. The molecule has 0 aliphatic carbocycles. The Morgan fingerprint density at radius 3 is 2.92 bits per heavy atom. The average molecular weight is 455 g/mol. The molecule has 2 heterocycles. The largest absolute Gasteiger partial charge is 0.493 e. The van der Waals surface area contributed by atoms with Gasteiger partial charge in [-0.2, -0.15) is 0 Å². The lowest BCUT2D eigenvalue weighted by molar-refractivity contribution is -0.129. The average Bonchev–Trinajstić information content (AvgIpc) is 3.20. The number of hydrogen-bond donors (Lipinski definition) is 0. The molecule has 0 unspecified atom stereocenters. The molecule has 1 aliphatic rings. The first-order chi connectivity index (χ1) is 11.6. The maximum Gasteiger partial charge on any atom is 0.363 e. The van der Waals surface area contributed by atoms with Gasteiger partial charge in [0.2, 0.25) is 5.90 Å². The highest BCUT2D eigenvalue weighted by Gasteiger charge is 2.25. The van der Waals surface area contributed by atoms with Gasteiger partial charge in [-0.1, -0.05) is 6.07 Å². The number of aliphatic imine (C=N–C) groups is 1. The Morgan fingerprint density at radius 1 is 1.42 bits per heavy atom. The van der Waals surface area contributed by atoms with Crippen molar-refractivity contribution in [3.8, 4) is 11.5 Å². The maximum atomic E-state index is 12.0. The second-order valence-electron chi connectivity index (χ2n) is 4.78. The van der Waals surface area contributed by atoms with Crippen LogP contribution in [0.2, 0.25) is 0 Å². The Labute approximate surface area is 157 Å². The molecule has 1 aromatic carbocycles. The number of esters is 1. The zero-order valence-electron chi connectivity index (χ0n) is 13.0. The highest BCUT2D eigenvalue weighted by Crippen LogP contribution is 2.35. The lowest BCUT2D eigenvalue weighted by Gasteiger charge is -2.12. The number of benzene rings is 1. The molecule has 0 radical (unpaired) electrons. The molecule has 3 rings (SSSR count). The van der Waals surface area contributed by atoms with Gasteiger partial charge in [0.25, 0.3) is 0 Å². The molecular weight excluding hydrogens is 441 g/mol. The molecule has 24 heavy (non-hydrogen) atoms. The van der Waals surface area contributed by atoms with Crippen LogP contribution in [-0.2, 0) is 9.53 Å². The fourth-order valence-corrected chi connectivity index (χ4v) is 3.61. The van der Waals surface area contributed by atoms with E-state index in [1.807, 2.05) is 36.6 Å². The summed E-state index contributed by atoms with van der Waals surface area (Å²) in [5.41, 5.74) is 1.06. The highest BCUT2D eigenvalue weighted by molar-refractivity contribution is 14.1. The second kappa shape index (κ2) is 7.35. The first kappa shape index (κ1) is 17.0. The molecule has 5 nitrogen and oxygen atoms in total. The number of cyclic esters (lactones) is 1. The molecular formula is C17H14INO4S. The van der Waals surface area contributed by atoms with Crippen LogP contribution in [0.3, 0.4) is 0 Å². The lowest BCUT2D eigenvalue weighted by Crippen LogP contribution is -2.03. The standard InChI is InChI=1S/C17H14INO4S/c1-3-22-15-11(18)7-10(9-13(15)21-2)8-12-17(20)23-16(19-12)14-5-4-6-24-14/h4-9H,3H2,1-2H3. The number of methoxy groups -OCH3 is 1. The van der Waals surface area contributed by atoms with E-state index in [-0.39, 0.29) is 5.70 Å². The van der Waals surface area contributed by atoms with Crippen molar-refractivity contribution in [2.45, 2.75) is 6.92 Å². The molecule has 0 saturated carbocycles. The minimum Gasteiger partial charge on any atom is -0.493 e. The Hall–Kier alpha value is -1.87. The Bertz CT molecular complexity index is 827. The van der Waals surface area contributed by atoms with E-state index in [1.165, 1.54) is 11.3 Å². The molecule has 0 bridgehead atoms. The van der Waals surface area contributed by atoms with Crippen LogP contribution in [0.5, 0.6) is 11.5 Å². The molecule has 0 N–H and O–H groups in total. The van der Waals surface area contributed by atoms with Crippen LogP contribution in [-0.4, -0.2) is 25.6 Å². The van der Waals surface area contributed by atoms with E-state index < -0.39 is 5.97 Å². The molecule has 0 amide bonds. The predicted molar refractivity (Wildman–Crippen MR) is 102 cm³/mol. The smallest absolute Gasteiger partial charge is 0.363 e. The van der Waals surface area contributed by atoms with Crippen LogP contribution in [0.25, 0.3) is 6.08 Å². The van der Waals surface area contributed by atoms with E-state index in [9.17, 15) is 4.79 Å². The van der Waals surface area contributed by atoms with E-state index in [0.717, 1.165) is 14.0 Å². The number of carbonyl (C=O) groups excluding carboxylic acids is 1. The molecule has 124 valence electrons. The number of nitrogens with zero attached hydrogens (tertiary/aromatic N) is 1. The van der Waals surface area contributed by atoms with Crippen molar-refractivity contribution < 1.29 is 19.0 Å². The van der Waals surface area contributed by atoms with Gasteiger partial charge in [-0.3, -0.25) is 0 Å².